The van der Waals surface area contributed by atoms with E-state index in [4.69, 9.17) is 5.73 Å². The highest BCUT2D eigenvalue weighted by Crippen LogP contribution is 2.18. The second-order valence-electron chi connectivity index (χ2n) is 4.42. The Bertz CT molecular complexity index is 558. The first kappa shape index (κ1) is 13.3. The summed E-state index contributed by atoms with van der Waals surface area (Å²) < 4.78 is 26.5. The third-order valence-corrected chi connectivity index (χ3v) is 2.72. The van der Waals surface area contributed by atoms with E-state index in [1.165, 1.54) is 0 Å². The lowest BCUT2D eigenvalue weighted by molar-refractivity contribution is 0.577. The molecule has 1 heterocycles. The summed E-state index contributed by atoms with van der Waals surface area (Å²) in [6.07, 6.45) is 0.708. The van der Waals surface area contributed by atoms with E-state index in [2.05, 4.69) is 10.3 Å². The first-order valence-electron chi connectivity index (χ1n) is 5.98. The van der Waals surface area contributed by atoms with Crippen molar-refractivity contribution in [2.45, 2.75) is 19.4 Å². The lowest BCUT2D eigenvalue weighted by Crippen LogP contribution is -2.20. The van der Waals surface area contributed by atoms with E-state index < -0.39 is 11.6 Å². The Kier molecular flexibility index (Phi) is 3.94. The second-order valence-corrected chi connectivity index (χ2v) is 4.42. The summed E-state index contributed by atoms with van der Waals surface area (Å²) in [5.74, 6) is -1.93. The molecule has 0 bridgehead atoms. The van der Waals surface area contributed by atoms with Gasteiger partial charge in [-0.1, -0.05) is 30.3 Å². The third kappa shape index (κ3) is 3.40. The zero-order valence-corrected chi connectivity index (χ0v) is 10.5. The molecule has 0 fully saturated rings. The van der Waals surface area contributed by atoms with Gasteiger partial charge in [0.15, 0.2) is 23.3 Å². The van der Waals surface area contributed by atoms with Crippen LogP contribution in [0.1, 0.15) is 12.5 Å². The van der Waals surface area contributed by atoms with Gasteiger partial charge in [-0.25, -0.2) is 13.8 Å². The highest BCUT2D eigenvalue weighted by molar-refractivity contribution is 5.45. The fraction of sp³-hybridized carbons (Fsp3) is 0.214. The zero-order chi connectivity index (χ0) is 13.8. The third-order valence-electron chi connectivity index (χ3n) is 2.72. The average Bonchev–Trinajstić information content (AvgIpc) is 2.37. The number of aromatic nitrogens is 1. The van der Waals surface area contributed by atoms with Gasteiger partial charge in [0.2, 0.25) is 0 Å². The van der Waals surface area contributed by atoms with E-state index in [1.807, 2.05) is 37.3 Å². The maximum atomic E-state index is 13.5. The first-order valence-corrected chi connectivity index (χ1v) is 5.98. The van der Waals surface area contributed by atoms with Crippen molar-refractivity contribution in [2.75, 3.05) is 11.1 Å². The predicted molar refractivity (Wildman–Crippen MR) is 71.8 cm³/mol. The van der Waals surface area contributed by atoms with Gasteiger partial charge < -0.3 is 11.1 Å². The van der Waals surface area contributed by atoms with Gasteiger partial charge in [-0.3, -0.25) is 0 Å². The van der Waals surface area contributed by atoms with Crippen LogP contribution in [0, 0.1) is 11.6 Å². The maximum Gasteiger partial charge on any atom is 0.168 e. The quantitative estimate of drug-likeness (QED) is 0.891. The van der Waals surface area contributed by atoms with E-state index in [9.17, 15) is 8.78 Å². The van der Waals surface area contributed by atoms with Gasteiger partial charge in [-0.15, -0.1) is 0 Å². The summed E-state index contributed by atoms with van der Waals surface area (Å²) in [7, 11) is 0. The molecule has 3 nitrogen and oxygen atoms in total. The van der Waals surface area contributed by atoms with Crippen molar-refractivity contribution in [1.82, 2.24) is 4.98 Å². The molecule has 1 atom stereocenters. The van der Waals surface area contributed by atoms with Gasteiger partial charge in [-0.05, 0) is 18.9 Å². The van der Waals surface area contributed by atoms with Crippen LogP contribution in [-0.2, 0) is 6.42 Å². The maximum absolute atomic E-state index is 13.5. The van der Waals surface area contributed by atoms with E-state index in [1.54, 1.807) is 0 Å². The molecule has 0 aliphatic rings. The molecule has 19 heavy (non-hydrogen) atoms. The van der Waals surface area contributed by atoms with Crippen molar-refractivity contribution >= 4 is 11.6 Å². The number of benzene rings is 1. The Morgan fingerprint density at radius 2 is 1.89 bits per heavy atom. The van der Waals surface area contributed by atoms with Crippen molar-refractivity contribution < 1.29 is 8.78 Å². The summed E-state index contributed by atoms with van der Waals surface area (Å²) in [6.45, 7) is 1.90. The normalized spacial score (nSPS) is 12.2. The predicted octanol–water partition coefficient (Wildman–Crippen LogP) is 2.99. The molecule has 2 aromatic rings. The van der Waals surface area contributed by atoms with E-state index in [-0.39, 0.29) is 17.7 Å². The molecule has 1 aromatic carbocycles. The van der Waals surface area contributed by atoms with E-state index in [0.717, 1.165) is 11.6 Å². The number of rotatable bonds is 4. The smallest absolute Gasteiger partial charge is 0.168 e. The van der Waals surface area contributed by atoms with Crippen LogP contribution in [0.3, 0.4) is 0 Å². The molecule has 0 saturated carbocycles. The summed E-state index contributed by atoms with van der Waals surface area (Å²) in [4.78, 5) is 3.67. The van der Waals surface area contributed by atoms with E-state index >= 15 is 0 Å². The number of nitrogens with one attached hydrogen (secondary N) is 1. The minimum Gasteiger partial charge on any atom is -0.381 e. The number of hydrogen-bond donors (Lipinski definition) is 2. The van der Waals surface area contributed by atoms with Crippen LogP contribution in [0.4, 0.5) is 20.4 Å². The number of hydrogen-bond acceptors (Lipinski definition) is 3. The van der Waals surface area contributed by atoms with Gasteiger partial charge in [0.05, 0.1) is 0 Å². The van der Waals surface area contributed by atoms with Crippen LogP contribution >= 0.6 is 0 Å². The monoisotopic (exact) mass is 263 g/mol. The Morgan fingerprint density at radius 1 is 1.21 bits per heavy atom. The topological polar surface area (TPSA) is 50.9 Å². The van der Waals surface area contributed by atoms with Gasteiger partial charge in [0.1, 0.15) is 0 Å². The Balaban J connectivity index is 2.07. The van der Waals surface area contributed by atoms with Crippen molar-refractivity contribution in [3.8, 4) is 0 Å². The van der Waals surface area contributed by atoms with Crippen LogP contribution in [0.15, 0.2) is 36.4 Å². The number of nitrogens with two attached hydrogens (primary N) is 1. The molecule has 0 radical (unpaired) electrons. The number of pyridine rings is 1. The number of nitrogens with zero attached hydrogens (tertiary/aromatic N) is 1. The zero-order valence-electron chi connectivity index (χ0n) is 10.5. The minimum atomic E-state index is -0.848. The average molecular weight is 263 g/mol. The Labute approximate surface area is 110 Å². The number of nitrogen functional groups attached to an aromatic ring is 1. The van der Waals surface area contributed by atoms with Gasteiger partial charge >= 0.3 is 0 Å². The summed E-state index contributed by atoms with van der Waals surface area (Å²) in [6, 6.07) is 10.5. The fourth-order valence-electron chi connectivity index (χ4n) is 1.83. The summed E-state index contributed by atoms with van der Waals surface area (Å²) in [5, 5.41) is 2.89. The highest BCUT2D eigenvalue weighted by Gasteiger charge is 2.12. The van der Waals surface area contributed by atoms with Gasteiger partial charge in [0.25, 0.3) is 0 Å². The molecule has 0 amide bonds. The lowest BCUT2D eigenvalue weighted by Gasteiger charge is -2.15. The van der Waals surface area contributed by atoms with E-state index in [0.29, 0.717) is 6.42 Å². The standard InChI is InChI=1S/C14H15F2N3/c1-9(7-10-5-3-2-4-6-10)18-14-12(16)8-11(15)13(17)19-14/h2-6,8-9H,7H2,1H3,(H3,17,18,19). The molecule has 0 aliphatic heterocycles. The van der Waals surface area contributed by atoms with Crippen molar-refractivity contribution in [3.05, 3.63) is 53.6 Å². The second kappa shape index (κ2) is 5.65. The van der Waals surface area contributed by atoms with Crippen LogP contribution < -0.4 is 11.1 Å². The molecule has 1 unspecified atom stereocenters. The van der Waals surface area contributed by atoms with Crippen molar-refractivity contribution in [2.24, 2.45) is 0 Å². The Morgan fingerprint density at radius 3 is 2.58 bits per heavy atom. The van der Waals surface area contributed by atoms with Crippen LogP contribution in [0.2, 0.25) is 0 Å². The first-order chi connectivity index (χ1) is 9.06. The number of halogens is 2. The molecule has 5 heteroatoms. The van der Waals surface area contributed by atoms with Crippen LogP contribution in [0.5, 0.6) is 0 Å². The van der Waals surface area contributed by atoms with Gasteiger partial charge in [0, 0.05) is 12.1 Å². The summed E-state index contributed by atoms with van der Waals surface area (Å²) >= 11 is 0. The molecule has 1 aromatic heterocycles. The van der Waals surface area contributed by atoms with Crippen molar-refractivity contribution in [1.29, 1.82) is 0 Å². The number of anilines is 2. The van der Waals surface area contributed by atoms with Crippen LogP contribution in [-0.4, -0.2) is 11.0 Å². The van der Waals surface area contributed by atoms with Crippen molar-refractivity contribution in [3.63, 3.8) is 0 Å². The SMILES string of the molecule is CC(Cc1ccccc1)Nc1nc(N)c(F)cc1F. The lowest BCUT2D eigenvalue weighted by atomic mass is 10.1. The molecule has 3 N–H and O–H groups in total. The van der Waals surface area contributed by atoms with Crippen LogP contribution in [0.25, 0.3) is 0 Å². The molecular formula is C14H15F2N3. The molecule has 0 saturated heterocycles. The molecule has 0 spiro atoms. The molecule has 2 rings (SSSR count). The largest absolute Gasteiger partial charge is 0.381 e. The van der Waals surface area contributed by atoms with Gasteiger partial charge in [-0.2, -0.15) is 0 Å². The fourth-order valence-corrected chi connectivity index (χ4v) is 1.83. The minimum absolute atomic E-state index is 0.0256. The Hall–Kier alpha value is -2.17. The molecule has 100 valence electrons. The highest BCUT2D eigenvalue weighted by atomic mass is 19.1. The molecule has 0 aliphatic carbocycles. The summed E-state index contributed by atoms with van der Waals surface area (Å²) in [5.41, 5.74) is 6.45. The molecular weight excluding hydrogens is 248 g/mol.